The summed E-state index contributed by atoms with van der Waals surface area (Å²) >= 11 is 0. The average molecular weight is 329 g/mol. The molecule has 2 aromatic carbocycles. The van der Waals surface area contributed by atoms with Crippen LogP contribution in [0.2, 0.25) is 0 Å². The highest BCUT2D eigenvalue weighted by Crippen LogP contribution is 2.19. The Morgan fingerprint density at radius 3 is 2.33 bits per heavy atom. The molecule has 24 heavy (non-hydrogen) atoms. The van der Waals surface area contributed by atoms with Gasteiger partial charge in [0.05, 0.1) is 6.10 Å². The minimum absolute atomic E-state index is 0.188. The van der Waals surface area contributed by atoms with Crippen molar-refractivity contribution in [1.82, 2.24) is 4.90 Å². The van der Waals surface area contributed by atoms with Crippen LogP contribution in [0.3, 0.4) is 0 Å². The molecule has 2 aromatic rings. The molecule has 0 atom stereocenters. The van der Waals surface area contributed by atoms with Crippen molar-refractivity contribution in [2.75, 3.05) is 13.1 Å². The first kappa shape index (κ1) is 16.6. The van der Waals surface area contributed by atoms with Gasteiger partial charge in [-0.05, 0) is 36.6 Å². The molecule has 3 rings (SSSR count). The second-order valence-corrected chi connectivity index (χ2v) is 6.20. The molecule has 0 aliphatic carbocycles. The van der Waals surface area contributed by atoms with Crippen molar-refractivity contribution >= 4 is 5.78 Å². The number of ketones is 1. The molecule has 5 heteroatoms. The molecule has 0 amide bonds. The first-order chi connectivity index (χ1) is 11.5. The lowest BCUT2D eigenvalue weighted by molar-refractivity contribution is 0.0792. The van der Waals surface area contributed by atoms with Gasteiger partial charge < -0.3 is 10.2 Å². The number of aliphatic hydroxyl groups excluding tert-OH is 1. The Morgan fingerprint density at radius 1 is 1.08 bits per heavy atom. The van der Waals surface area contributed by atoms with E-state index < -0.39 is 11.6 Å². The number of halogens is 1. The molecule has 0 radical (unpaired) electrons. The summed E-state index contributed by atoms with van der Waals surface area (Å²) in [5.74, 6) is -1.54. The number of carbonyl (C=O) groups is 1. The predicted octanol–water partition coefficient (Wildman–Crippen LogP) is 2.72. The SMILES string of the molecule is O=C(c1ccc(CN2CCC(O)CC2)cc1)c1ccc(O)c(F)c1. The van der Waals surface area contributed by atoms with E-state index in [1.165, 1.54) is 12.1 Å². The Kier molecular flexibility index (Phi) is 4.92. The number of piperidine rings is 1. The summed E-state index contributed by atoms with van der Waals surface area (Å²) in [4.78, 5) is 14.6. The molecule has 2 N–H and O–H groups in total. The van der Waals surface area contributed by atoms with E-state index >= 15 is 0 Å². The number of carbonyl (C=O) groups excluding carboxylic acids is 1. The maximum absolute atomic E-state index is 13.4. The molecule has 0 saturated carbocycles. The summed E-state index contributed by atoms with van der Waals surface area (Å²) in [6.07, 6.45) is 1.40. The second kappa shape index (κ2) is 7.11. The van der Waals surface area contributed by atoms with Crippen LogP contribution >= 0.6 is 0 Å². The zero-order valence-corrected chi connectivity index (χ0v) is 13.3. The number of phenolic OH excluding ortho intramolecular Hbond substituents is 1. The van der Waals surface area contributed by atoms with E-state index in [2.05, 4.69) is 4.90 Å². The number of aromatic hydroxyl groups is 1. The lowest BCUT2D eigenvalue weighted by Crippen LogP contribution is -2.35. The zero-order valence-electron chi connectivity index (χ0n) is 13.3. The van der Waals surface area contributed by atoms with Crippen LogP contribution in [0.4, 0.5) is 4.39 Å². The summed E-state index contributed by atoms with van der Waals surface area (Å²) in [6, 6.07) is 10.9. The first-order valence-corrected chi connectivity index (χ1v) is 8.05. The van der Waals surface area contributed by atoms with Crippen LogP contribution < -0.4 is 0 Å². The van der Waals surface area contributed by atoms with E-state index in [1.807, 2.05) is 12.1 Å². The van der Waals surface area contributed by atoms with Gasteiger partial charge in [-0.15, -0.1) is 0 Å². The zero-order chi connectivity index (χ0) is 17.1. The van der Waals surface area contributed by atoms with E-state index in [-0.39, 0.29) is 17.5 Å². The Bertz CT molecular complexity index is 722. The standard InChI is InChI=1S/C19H20FNO3/c20-17-11-15(5-6-18(17)23)19(24)14-3-1-13(2-4-14)12-21-9-7-16(22)8-10-21/h1-6,11,16,22-23H,7-10,12H2. The van der Waals surface area contributed by atoms with Crippen LogP contribution in [0, 0.1) is 5.82 Å². The lowest BCUT2D eigenvalue weighted by atomic mass is 10.0. The third-order valence-corrected chi connectivity index (χ3v) is 4.39. The number of aliphatic hydroxyl groups is 1. The summed E-state index contributed by atoms with van der Waals surface area (Å²) in [6.45, 7) is 2.53. The van der Waals surface area contributed by atoms with Gasteiger partial charge in [0.15, 0.2) is 17.3 Å². The van der Waals surface area contributed by atoms with Crippen LogP contribution in [-0.2, 0) is 6.54 Å². The third kappa shape index (κ3) is 3.80. The first-order valence-electron chi connectivity index (χ1n) is 8.05. The number of phenols is 1. The molecule has 1 aliphatic heterocycles. The van der Waals surface area contributed by atoms with Crippen molar-refractivity contribution in [2.24, 2.45) is 0 Å². The largest absolute Gasteiger partial charge is 0.505 e. The molecule has 1 heterocycles. The molecule has 1 fully saturated rings. The van der Waals surface area contributed by atoms with Crippen LogP contribution in [-0.4, -0.2) is 40.1 Å². The molecule has 0 unspecified atom stereocenters. The summed E-state index contributed by atoms with van der Waals surface area (Å²) in [5.41, 5.74) is 1.79. The second-order valence-electron chi connectivity index (χ2n) is 6.20. The summed E-state index contributed by atoms with van der Waals surface area (Å²) in [5, 5.41) is 18.7. The number of nitrogens with zero attached hydrogens (tertiary/aromatic N) is 1. The highest BCUT2D eigenvalue weighted by atomic mass is 19.1. The summed E-state index contributed by atoms with van der Waals surface area (Å²) in [7, 11) is 0. The van der Waals surface area contributed by atoms with E-state index in [0.29, 0.717) is 5.56 Å². The van der Waals surface area contributed by atoms with Crippen molar-refractivity contribution in [3.05, 3.63) is 65.0 Å². The fourth-order valence-electron chi connectivity index (χ4n) is 2.91. The maximum Gasteiger partial charge on any atom is 0.193 e. The molecule has 126 valence electrons. The minimum Gasteiger partial charge on any atom is -0.505 e. The Balaban J connectivity index is 1.67. The van der Waals surface area contributed by atoms with Crippen molar-refractivity contribution in [1.29, 1.82) is 0 Å². The van der Waals surface area contributed by atoms with Gasteiger partial charge in [-0.2, -0.15) is 0 Å². The maximum atomic E-state index is 13.4. The molecule has 0 aromatic heterocycles. The number of rotatable bonds is 4. The molecule has 4 nitrogen and oxygen atoms in total. The minimum atomic E-state index is -0.801. The van der Waals surface area contributed by atoms with Gasteiger partial charge in [-0.1, -0.05) is 24.3 Å². The predicted molar refractivity (Wildman–Crippen MR) is 88.5 cm³/mol. The number of hydrogen-bond acceptors (Lipinski definition) is 4. The van der Waals surface area contributed by atoms with Crippen LogP contribution in [0.25, 0.3) is 0 Å². The highest BCUT2D eigenvalue weighted by Gasteiger charge is 2.17. The smallest absolute Gasteiger partial charge is 0.193 e. The van der Waals surface area contributed by atoms with E-state index in [1.54, 1.807) is 12.1 Å². The molecular formula is C19H20FNO3. The molecular weight excluding hydrogens is 309 g/mol. The normalized spacial score (nSPS) is 16.2. The topological polar surface area (TPSA) is 60.8 Å². The highest BCUT2D eigenvalue weighted by molar-refractivity contribution is 6.09. The Hall–Kier alpha value is -2.24. The molecule has 0 bridgehead atoms. The Labute approximate surface area is 140 Å². The molecule has 1 aliphatic rings. The third-order valence-electron chi connectivity index (χ3n) is 4.39. The number of likely N-dealkylation sites (tertiary alicyclic amines) is 1. The van der Waals surface area contributed by atoms with Crippen LogP contribution in [0.5, 0.6) is 5.75 Å². The van der Waals surface area contributed by atoms with Gasteiger partial charge in [0.1, 0.15) is 0 Å². The lowest BCUT2D eigenvalue weighted by Gasteiger charge is -2.29. The van der Waals surface area contributed by atoms with Crippen molar-refractivity contribution < 1.29 is 19.4 Å². The van der Waals surface area contributed by atoms with Crippen molar-refractivity contribution in [3.63, 3.8) is 0 Å². The fraction of sp³-hybridized carbons (Fsp3) is 0.316. The van der Waals surface area contributed by atoms with Gasteiger partial charge in [0.2, 0.25) is 0 Å². The van der Waals surface area contributed by atoms with Crippen molar-refractivity contribution in [2.45, 2.75) is 25.5 Å². The van der Waals surface area contributed by atoms with E-state index in [4.69, 9.17) is 0 Å². The quantitative estimate of drug-likeness (QED) is 0.847. The van der Waals surface area contributed by atoms with Gasteiger partial charge in [-0.25, -0.2) is 4.39 Å². The van der Waals surface area contributed by atoms with E-state index in [9.17, 15) is 19.4 Å². The molecule has 0 spiro atoms. The Morgan fingerprint density at radius 2 is 1.71 bits per heavy atom. The summed E-state index contributed by atoms with van der Waals surface area (Å²) < 4.78 is 13.4. The monoisotopic (exact) mass is 329 g/mol. The van der Waals surface area contributed by atoms with Gasteiger partial charge in [0, 0.05) is 30.8 Å². The fourth-order valence-corrected chi connectivity index (χ4v) is 2.91. The van der Waals surface area contributed by atoms with Crippen LogP contribution in [0.1, 0.15) is 34.3 Å². The van der Waals surface area contributed by atoms with Gasteiger partial charge in [0.25, 0.3) is 0 Å². The van der Waals surface area contributed by atoms with Crippen LogP contribution in [0.15, 0.2) is 42.5 Å². The number of hydrogen-bond donors (Lipinski definition) is 2. The average Bonchev–Trinajstić information content (AvgIpc) is 2.59. The molecule has 1 saturated heterocycles. The van der Waals surface area contributed by atoms with Crippen molar-refractivity contribution in [3.8, 4) is 5.75 Å². The van der Waals surface area contributed by atoms with E-state index in [0.717, 1.165) is 44.1 Å². The van der Waals surface area contributed by atoms with Gasteiger partial charge in [-0.3, -0.25) is 9.69 Å². The van der Waals surface area contributed by atoms with Gasteiger partial charge >= 0.3 is 0 Å². The number of benzene rings is 2.